The highest BCUT2D eigenvalue weighted by molar-refractivity contribution is 7.86. The molecular formula is C6H3Cl2FO2S. The maximum atomic E-state index is 12.3. The summed E-state index contributed by atoms with van der Waals surface area (Å²) in [5.74, 6) is 0. The molecule has 66 valence electrons. The monoisotopic (exact) mass is 228 g/mol. The minimum atomic E-state index is -4.72. The maximum absolute atomic E-state index is 12.3. The van der Waals surface area contributed by atoms with E-state index in [0.717, 1.165) is 12.1 Å². The van der Waals surface area contributed by atoms with Crippen molar-refractivity contribution in [1.29, 1.82) is 0 Å². The van der Waals surface area contributed by atoms with E-state index >= 15 is 0 Å². The molecule has 0 radical (unpaired) electrons. The molecule has 12 heavy (non-hydrogen) atoms. The van der Waals surface area contributed by atoms with Gasteiger partial charge in [0.05, 0.1) is 0 Å². The van der Waals surface area contributed by atoms with Crippen molar-refractivity contribution in [3.63, 3.8) is 0 Å². The molecule has 2 nitrogen and oxygen atoms in total. The van der Waals surface area contributed by atoms with Crippen LogP contribution in [0.2, 0.25) is 10.0 Å². The first-order chi connectivity index (χ1) is 5.39. The molecule has 0 amide bonds. The summed E-state index contributed by atoms with van der Waals surface area (Å²) in [4.78, 5) is -0.528. The van der Waals surface area contributed by atoms with Crippen LogP contribution in [0.1, 0.15) is 0 Å². The topological polar surface area (TPSA) is 34.1 Å². The number of hydrogen-bond acceptors (Lipinski definition) is 2. The Bertz CT molecular complexity index is 382. The Balaban J connectivity index is 3.37. The van der Waals surface area contributed by atoms with Gasteiger partial charge in [0.15, 0.2) is 0 Å². The van der Waals surface area contributed by atoms with Gasteiger partial charge in [-0.05, 0) is 18.2 Å². The van der Waals surface area contributed by atoms with E-state index in [0.29, 0.717) is 0 Å². The van der Waals surface area contributed by atoms with Crippen LogP contribution >= 0.6 is 23.2 Å². The lowest BCUT2D eigenvalue weighted by molar-refractivity contribution is 0.552. The van der Waals surface area contributed by atoms with Crippen molar-refractivity contribution < 1.29 is 12.3 Å². The van der Waals surface area contributed by atoms with Crippen LogP contribution in [-0.4, -0.2) is 8.42 Å². The van der Waals surface area contributed by atoms with E-state index in [4.69, 9.17) is 23.2 Å². The molecule has 0 atom stereocenters. The van der Waals surface area contributed by atoms with Crippen molar-refractivity contribution in [1.82, 2.24) is 0 Å². The highest BCUT2D eigenvalue weighted by atomic mass is 35.5. The Hall–Kier alpha value is -0.320. The van der Waals surface area contributed by atoms with Gasteiger partial charge in [-0.1, -0.05) is 23.2 Å². The van der Waals surface area contributed by atoms with E-state index in [1.54, 1.807) is 0 Å². The van der Waals surface area contributed by atoms with Gasteiger partial charge in [-0.25, -0.2) is 0 Å². The molecular weight excluding hydrogens is 226 g/mol. The Morgan fingerprint density at radius 3 is 1.83 bits per heavy atom. The average Bonchev–Trinajstić information content (AvgIpc) is 1.82. The van der Waals surface area contributed by atoms with Crippen LogP contribution in [0.3, 0.4) is 0 Å². The molecule has 0 aromatic heterocycles. The van der Waals surface area contributed by atoms with Crippen molar-refractivity contribution in [2.45, 2.75) is 4.90 Å². The molecule has 0 spiro atoms. The van der Waals surface area contributed by atoms with Crippen LogP contribution in [0, 0.1) is 0 Å². The highest BCUT2D eigenvalue weighted by Crippen LogP contribution is 2.23. The summed E-state index contributed by atoms with van der Waals surface area (Å²) in [6, 6.07) is 3.29. The number of benzene rings is 1. The van der Waals surface area contributed by atoms with E-state index in [1.807, 2.05) is 0 Å². The third-order valence-corrected chi connectivity index (χ3v) is 2.35. The lowest BCUT2D eigenvalue weighted by Gasteiger charge is -1.96. The van der Waals surface area contributed by atoms with Crippen molar-refractivity contribution in [3.8, 4) is 0 Å². The second-order valence-corrected chi connectivity index (χ2v) is 4.26. The molecule has 1 aromatic carbocycles. The quantitative estimate of drug-likeness (QED) is 0.693. The predicted molar refractivity (Wildman–Crippen MR) is 44.8 cm³/mol. The number of hydrogen-bond donors (Lipinski definition) is 0. The molecule has 0 aliphatic heterocycles. The van der Waals surface area contributed by atoms with Gasteiger partial charge < -0.3 is 0 Å². The molecule has 0 bridgehead atoms. The van der Waals surface area contributed by atoms with Gasteiger partial charge in [-0.2, -0.15) is 8.42 Å². The minimum Gasteiger partial charge on any atom is -0.189 e. The lowest BCUT2D eigenvalue weighted by Crippen LogP contribution is -1.91. The van der Waals surface area contributed by atoms with Gasteiger partial charge >= 0.3 is 10.2 Å². The van der Waals surface area contributed by atoms with Crippen LogP contribution < -0.4 is 0 Å². The second-order valence-electron chi connectivity index (χ2n) is 2.04. The zero-order chi connectivity index (χ0) is 9.35. The molecule has 0 aliphatic carbocycles. The van der Waals surface area contributed by atoms with Gasteiger partial charge in [0.25, 0.3) is 0 Å². The standard InChI is InChI=1S/C6H3Cl2FO2S/c7-4-1-5(8)3-6(2-4)12(9,10)11/h1-3H. The van der Waals surface area contributed by atoms with Gasteiger partial charge in [-0.15, -0.1) is 3.89 Å². The molecule has 0 N–H and O–H groups in total. The Labute approximate surface area is 79.1 Å². The molecule has 0 heterocycles. The van der Waals surface area contributed by atoms with Crippen LogP contribution in [0.15, 0.2) is 23.1 Å². The van der Waals surface area contributed by atoms with E-state index in [2.05, 4.69) is 0 Å². The highest BCUT2D eigenvalue weighted by Gasteiger charge is 2.12. The Morgan fingerprint density at radius 1 is 1.08 bits per heavy atom. The first-order valence-electron chi connectivity index (χ1n) is 2.80. The predicted octanol–water partition coefficient (Wildman–Crippen LogP) is 2.65. The largest absolute Gasteiger partial charge is 0.332 e. The zero-order valence-corrected chi connectivity index (χ0v) is 7.92. The van der Waals surface area contributed by atoms with Crippen molar-refractivity contribution in [3.05, 3.63) is 28.2 Å². The van der Waals surface area contributed by atoms with Gasteiger partial charge in [0.2, 0.25) is 0 Å². The van der Waals surface area contributed by atoms with Crippen LogP contribution in [0.5, 0.6) is 0 Å². The number of halogens is 3. The molecule has 0 fully saturated rings. The zero-order valence-electron chi connectivity index (χ0n) is 5.59. The summed E-state index contributed by atoms with van der Waals surface area (Å²) in [5, 5.41) is 0.164. The lowest BCUT2D eigenvalue weighted by atomic mass is 10.4. The van der Waals surface area contributed by atoms with E-state index in [9.17, 15) is 12.3 Å². The number of rotatable bonds is 1. The first-order valence-corrected chi connectivity index (χ1v) is 4.94. The van der Waals surface area contributed by atoms with Crippen LogP contribution in [0.25, 0.3) is 0 Å². The third-order valence-electron chi connectivity index (χ3n) is 1.12. The summed E-state index contributed by atoms with van der Waals surface area (Å²) in [5.41, 5.74) is 0. The molecule has 1 aromatic rings. The normalized spacial score (nSPS) is 11.6. The summed E-state index contributed by atoms with van der Waals surface area (Å²) in [7, 11) is -4.72. The molecule has 0 saturated carbocycles. The molecule has 0 saturated heterocycles. The fourth-order valence-corrected chi connectivity index (χ4v) is 1.86. The van der Waals surface area contributed by atoms with Crippen LogP contribution in [0.4, 0.5) is 3.89 Å². The summed E-state index contributed by atoms with van der Waals surface area (Å²) in [6.07, 6.45) is 0. The average molecular weight is 229 g/mol. The van der Waals surface area contributed by atoms with Crippen LogP contribution in [-0.2, 0) is 10.2 Å². The fraction of sp³-hybridized carbons (Fsp3) is 0. The van der Waals surface area contributed by atoms with E-state index in [-0.39, 0.29) is 10.0 Å². The van der Waals surface area contributed by atoms with Gasteiger partial charge in [0.1, 0.15) is 4.90 Å². The smallest absolute Gasteiger partial charge is 0.189 e. The Morgan fingerprint density at radius 2 is 1.50 bits per heavy atom. The SMILES string of the molecule is O=S(=O)(F)c1cc(Cl)cc(Cl)c1. The van der Waals surface area contributed by atoms with Crippen molar-refractivity contribution in [2.75, 3.05) is 0 Å². The summed E-state index contributed by atoms with van der Waals surface area (Å²) >= 11 is 10.9. The third kappa shape index (κ3) is 2.33. The minimum absolute atomic E-state index is 0.0822. The van der Waals surface area contributed by atoms with Gasteiger partial charge in [-0.3, -0.25) is 0 Å². The fourth-order valence-electron chi connectivity index (χ4n) is 0.669. The van der Waals surface area contributed by atoms with Crippen molar-refractivity contribution in [2.24, 2.45) is 0 Å². The molecule has 0 aliphatic rings. The first kappa shape index (κ1) is 9.77. The van der Waals surface area contributed by atoms with E-state index in [1.165, 1.54) is 6.07 Å². The second kappa shape index (κ2) is 3.20. The molecule has 1 rings (SSSR count). The molecule has 6 heteroatoms. The summed E-state index contributed by atoms with van der Waals surface area (Å²) in [6.45, 7) is 0. The maximum Gasteiger partial charge on any atom is 0.332 e. The van der Waals surface area contributed by atoms with Crippen molar-refractivity contribution >= 4 is 33.4 Å². The Kier molecular flexibility index (Phi) is 2.61. The van der Waals surface area contributed by atoms with E-state index < -0.39 is 15.1 Å². The van der Waals surface area contributed by atoms with Gasteiger partial charge in [0, 0.05) is 10.0 Å². The molecule has 0 unspecified atom stereocenters. The summed E-state index contributed by atoms with van der Waals surface area (Å²) < 4.78 is 33.0.